The molecule has 0 aromatic heterocycles. The zero-order chi connectivity index (χ0) is 13.0. The Bertz CT molecular complexity index is 510. The lowest BCUT2D eigenvalue weighted by Crippen LogP contribution is -2.13. The quantitative estimate of drug-likeness (QED) is 0.854. The summed E-state index contributed by atoms with van der Waals surface area (Å²) in [5.41, 5.74) is 8.63. The first-order valence-corrected chi connectivity index (χ1v) is 6.91. The maximum absolute atomic E-state index is 6.23. The van der Waals surface area contributed by atoms with Gasteiger partial charge in [0.05, 0.1) is 7.11 Å². The molecule has 0 saturated carbocycles. The third kappa shape index (κ3) is 3.46. The normalized spacial score (nSPS) is 12.2. The van der Waals surface area contributed by atoms with Crippen molar-refractivity contribution in [3.05, 3.63) is 63.2 Å². The van der Waals surface area contributed by atoms with Crippen LogP contribution in [0.5, 0.6) is 5.75 Å². The highest BCUT2D eigenvalue weighted by atomic mass is 127. The molecule has 94 valence electrons. The molecule has 1 atom stereocenters. The maximum Gasteiger partial charge on any atom is 0.118 e. The Labute approximate surface area is 121 Å². The van der Waals surface area contributed by atoms with Crippen LogP contribution in [0, 0.1) is 3.57 Å². The van der Waals surface area contributed by atoms with Crippen molar-refractivity contribution >= 4 is 22.6 Å². The number of benzene rings is 2. The van der Waals surface area contributed by atoms with Gasteiger partial charge in [0.1, 0.15) is 5.75 Å². The average Bonchev–Trinajstić information content (AvgIpc) is 2.39. The second-order valence-electron chi connectivity index (χ2n) is 4.21. The highest BCUT2D eigenvalue weighted by molar-refractivity contribution is 14.1. The second-order valence-corrected chi connectivity index (χ2v) is 5.46. The van der Waals surface area contributed by atoms with Crippen LogP contribution in [0.4, 0.5) is 0 Å². The standard InChI is InChI=1S/C15H16INO/c1-18-14-7-5-11(6-8-14)9-15(17)12-3-2-4-13(16)10-12/h2-8,10,15H,9,17H2,1H3. The minimum absolute atomic E-state index is 0.0353. The summed E-state index contributed by atoms with van der Waals surface area (Å²) < 4.78 is 6.36. The highest BCUT2D eigenvalue weighted by Crippen LogP contribution is 2.19. The van der Waals surface area contributed by atoms with E-state index >= 15 is 0 Å². The van der Waals surface area contributed by atoms with Crippen molar-refractivity contribution in [2.45, 2.75) is 12.5 Å². The summed E-state index contributed by atoms with van der Waals surface area (Å²) in [5, 5.41) is 0. The Balaban J connectivity index is 2.08. The summed E-state index contributed by atoms with van der Waals surface area (Å²) in [6.45, 7) is 0. The van der Waals surface area contributed by atoms with Crippen LogP contribution in [0.25, 0.3) is 0 Å². The Morgan fingerprint density at radius 3 is 2.50 bits per heavy atom. The molecule has 0 heterocycles. The van der Waals surface area contributed by atoms with Gasteiger partial charge in [-0.1, -0.05) is 24.3 Å². The highest BCUT2D eigenvalue weighted by Gasteiger charge is 2.07. The first-order chi connectivity index (χ1) is 8.69. The van der Waals surface area contributed by atoms with E-state index in [1.54, 1.807) is 7.11 Å². The second kappa shape index (κ2) is 6.20. The molecular formula is C15H16INO. The lowest BCUT2D eigenvalue weighted by molar-refractivity contribution is 0.414. The van der Waals surface area contributed by atoms with Gasteiger partial charge in [-0.15, -0.1) is 0 Å². The zero-order valence-corrected chi connectivity index (χ0v) is 12.4. The lowest BCUT2D eigenvalue weighted by atomic mass is 10.00. The molecule has 2 rings (SSSR count). The van der Waals surface area contributed by atoms with Crippen LogP contribution in [0.3, 0.4) is 0 Å². The van der Waals surface area contributed by atoms with Crippen molar-refractivity contribution in [3.63, 3.8) is 0 Å². The molecule has 0 bridgehead atoms. The SMILES string of the molecule is COc1ccc(CC(N)c2cccc(I)c2)cc1. The molecule has 3 heteroatoms. The fourth-order valence-electron chi connectivity index (χ4n) is 1.87. The predicted octanol–water partition coefficient (Wildman–Crippen LogP) is 3.54. The van der Waals surface area contributed by atoms with E-state index in [0.29, 0.717) is 0 Å². The van der Waals surface area contributed by atoms with Crippen molar-refractivity contribution in [3.8, 4) is 5.75 Å². The Morgan fingerprint density at radius 2 is 1.89 bits per heavy atom. The van der Waals surface area contributed by atoms with Gasteiger partial charge in [-0.3, -0.25) is 0 Å². The fraction of sp³-hybridized carbons (Fsp3) is 0.200. The van der Waals surface area contributed by atoms with E-state index in [4.69, 9.17) is 10.5 Å². The summed E-state index contributed by atoms with van der Waals surface area (Å²) in [4.78, 5) is 0. The number of methoxy groups -OCH3 is 1. The number of rotatable bonds is 4. The number of ether oxygens (including phenoxy) is 1. The van der Waals surface area contributed by atoms with E-state index < -0.39 is 0 Å². The fourth-order valence-corrected chi connectivity index (χ4v) is 2.44. The molecule has 0 amide bonds. The molecule has 0 spiro atoms. The number of halogens is 1. The van der Waals surface area contributed by atoms with Crippen molar-refractivity contribution in [1.82, 2.24) is 0 Å². The van der Waals surface area contributed by atoms with E-state index in [1.807, 2.05) is 18.2 Å². The monoisotopic (exact) mass is 353 g/mol. The molecule has 0 aliphatic rings. The van der Waals surface area contributed by atoms with Gasteiger partial charge in [-0.2, -0.15) is 0 Å². The van der Waals surface area contributed by atoms with Crippen LogP contribution in [0.1, 0.15) is 17.2 Å². The zero-order valence-electron chi connectivity index (χ0n) is 10.3. The first-order valence-electron chi connectivity index (χ1n) is 5.83. The summed E-state index contributed by atoms with van der Waals surface area (Å²) in [6, 6.07) is 16.4. The van der Waals surface area contributed by atoms with Crippen molar-refractivity contribution in [1.29, 1.82) is 0 Å². The summed E-state index contributed by atoms with van der Waals surface area (Å²) in [7, 11) is 1.67. The van der Waals surface area contributed by atoms with E-state index in [0.717, 1.165) is 12.2 Å². The molecule has 0 aliphatic carbocycles. The molecule has 2 aromatic carbocycles. The number of nitrogens with two attached hydrogens (primary N) is 1. The van der Waals surface area contributed by atoms with Gasteiger partial charge >= 0.3 is 0 Å². The largest absolute Gasteiger partial charge is 0.497 e. The van der Waals surface area contributed by atoms with E-state index in [1.165, 1.54) is 14.7 Å². The van der Waals surface area contributed by atoms with Crippen molar-refractivity contribution < 1.29 is 4.74 Å². The molecule has 18 heavy (non-hydrogen) atoms. The van der Waals surface area contributed by atoms with Crippen molar-refractivity contribution in [2.75, 3.05) is 7.11 Å². The molecule has 0 radical (unpaired) electrons. The first kappa shape index (κ1) is 13.4. The molecule has 1 unspecified atom stereocenters. The van der Waals surface area contributed by atoms with Gasteiger partial charge in [-0.25, -0.2) is 0 Å². The van der Waals surface area contributed by atoms with E-state index in [-0.39, 0.29) is 6.04 Å². The van der Waals surface area contributed by atoms with Gasteiger partial charge in [0.2, 0.25) is 0 Å². The van der Waals surface area contributed by atoms with Crippen LogP contribution in [0.15, 0.2) is 48.5 Å². The van der Waals surface area contributed by atoms with Crippen molar-refractivity contribution in [2.24, 2.45) is 5.73 Å². The molecule has 2 aromatic rings. The summed E-state index contributed by atoms with van der Waals surface area (Å²) in [5.74, 6) is 0.876. The number of hydrogen-bond donors (Lipinski definition) is 1. The van der Waals surface area contributed by atoms with Gasteiger partial charge in [0.15, 0.2) is 0 Å². The summed E-state index contributed by atoms with van der Waals surface area (Å²) >= 11 is 2.31. The third-order valence-electron chi connectivity index (χ3n) is 2.89. The smallest absolute Gasteiger partial charge is 0.118 e. The molecule has 2 nitrogen and oxygen atoms in total. The lowest BCUT2D eigenvalue weighted by Gasteiger charge is -2.13. The summed E-state index contributed by atoms with van der Waals surface area (Å²) in [6.07, 6.45) is 0.837. The molecule has 0 fully saturated rings. The van der Waals surface area contributed by atoms with Gasteiger partial charge < -0.3 is 10.5 Å². The molecular weight excluding hydrogens is 337 g/mol. The third-order valence-corrected chi connectivity index (χ3v) is 3.56. The Hall–Kier alpha value is -1.07. The minimum Gasteiger partial charge on any atom is -0.497 e. The average molecular weight is 353 g/mol. The minimum atomic E-state index is 0.0353. The van der Waals surface area contributed by atoms with Crippen LogP contribution in [-0.4, -0.2) is 7.11 Å². The predicted molar refractivity (Wildman–Crippen MR) is 82.8 cm³/mol. The molecule has 2 N–H and O–H groups in total. The topological polar surface area (TPSA) is 35.2 Å². The van der Waals surface area contributed by atoms with E-state index in [2.05, 4.69) is 52.9 Å². The van der Waals surface area contributed by atoms with Gasteiger partial charge in [-0.05, 0) is 64.4 Å². The van der Waals surface area contributed by atoms with Crippen LogP contribution in [-0.2, 0) is 6.42 Å². The molecule has 0 aliphatic heterocycles. The van der Waals surface area contributed by atoms with E-state index in [9.17, 15) is 0 Å². The maximum atomic E-state index is 6.23. The van der Waals surface area contributed by atoms with Crippen LogP contribution in [0.2, 0.25) is 0 Å². The van der Waals surface area contributed by atoms with Gasteiger partial charge in [0, 0.05) is 9.61 Å². The number of hydrogen-bond acceptors (Lipinski definition) is 2. The van der Waals surface area contributed by atoms with Crippen LogP contribution >= 0.6 is 22.6 Å². The Kier molecular flexibility index (Phi) is 4.60. The van der Waals surface area contributed by atoms with Gasteiger partial charge in [0.25, 0.3) is 0 Å². The molecule has 0 saturated heterocycles. The Morgan fingerprint density at radius 1 is 1.17 bits per heavy atom. The van der Waals surface area contributed by atoms with Crippen LogP contribution < -0.4 is 10.5 Å².